The van der Waals surface area contributed by atoms with Gasteiger partial charge in [0.15, 0.2) is 0 Å². The van der Waals surface area contributed by atoms with Crippen molar-refractivity contribution < 1.29 is 9.90 Å². The van der Waals surface area contributed by atoms with Gasteiger partial charge in [-0.3, -0.25) is 4.79 Å². The second-order valence-corrected chi connectivity index (χ2v) is 9.34. The van der Waals surface area contributed by atoms with Crippen molar-refractivity contribution in [2.24, 2.45) is 5.41 Å². The molecule has 23 heavy (non-hydrogen) atoms. The summed E-state index contributed by atoms with van der Waals surface area (Å²) in [6.07, 6.45) is 3.84. The van der Waals surface area contributed by atoms with Crippen LogP contribution in [0.4, 0.5) is 0 Å². The van der Waals surface area contributed by atoms with Crippen LogP contribution in [0.2, 0.25) is 0 Å². The van der Waals surface area contributed by atoms with Crippen LogP contribution in [0.25, 0.3) is 0 Å². The molecule has 0 aliphatic carbocycles. The second-order valence-electron chi connectivity index (χ2n) is 9.34. The summed E-state index contributed by atoms with van der Waals surface area (Å²) in [6.45, 7) is 17.3. The molecule has 2 nitrogen and oxygen atoms in total. The fourth-order valence-corrected chi connectivity index (χ4v) is 3.94. The molecular weight excluding hydrogens is 284 g/mol. The summed E-state index contributed by atoms with van der Waals surface area (Å²) in [6, 6.07) is 3.72. The maximum Gasteiger partial charge on any atom is 0.150 e. The number of rotatable bonds is 6. The molecule has 0 unspecified atom stereocenters. The number of phenols is 1. The Morgan fingerprint density at radius 2 is 1.43 bits per heavy atom. The van der Waals surface area contributed by atoms with Crippen molar-refractivity contribution >= 4 is 6.29 Å². The predicted octanol–water partition coefficient (Wildman–Crippen LogP) is 6.00. The summed E-state index contributed by atoms with van der Waals surface area (Å²) in [5, 5.41) is 11.0. The minimum Gasteiger partial charge on any atom is -0.507 e. The number of phenolic OH excluding ortho intramolecular Hbond substituents is 1. The van der Waals surface area contributed by atoms with Crippen molar-refractivity contribution in [1.82, 2.24) is 0 Å². The number of aromatic hydroxyl groups is 1. The van der Waals surface area contributed by atoms with E-state index >= 15 is 0 Å². The van der Waals surface area contributed by atoms with Crippen molar-refractivity contribution in [3.8, 4) is 5.75 Å². The van der Waals surface area contributed by atoms with Gasteiger partial charge < -0.3 is 5.11 Å². The average molecular weight is 319 g/mol. The van der Waals surface area contributed by atoms with Crippen LogP contribution in [0.1, 0.15) is 96.1 Å². The van der Waals surface area contributed by atoms with E-state index in [1.54, 1.807) is 0 Å². The molecule has 0 saturated heterocycles. The van der Waals surface area contributed by atoms with Gasteiger partial charge >= 0.3 is 0 Å². The van der Waals surface area contributed by atoms with E-state index in [0.717, 1.165) is 36.7 Å². The molecule has 0 atom stereocenters. The summed E-state index contributed by atoms with van der Waals surface area (Å²) in [5.74, 6) is 0.364. The van der Waals surface area contributed by atoms with Crippen LogP contribution in [-0.4, -0.2) is 11.4 Å². The Balaban J connectivity index is 3.53. The first-order valence-electron chi connectivity index (χ1n) is 8.67. The van der Waals surface area contributed by atoms with Gasteiger partial charge in [0.1, 0.15) is 12.0 Å². The quantitative estimate of drug-likeness (QED) is 0.653. The van der Waals surface area contributed by atoms with Crippen molar-refractivity contribution in [2.75, 3.05) is 0 Å². The molecule has 0 aliphatic rings. The minimum atomic E-state index is -0.196. The Morgan fingerprint density at radius 1 is 0.957 bits per heavy atom. The van der Waals surface area contributed by atoms with Crippen LogP contribution in [0, 0.1) is 5.41 Å². The van der Waals surface area contributed by atoms with Crippen LogP contribution in [-0.2, 0) is 10.8 Å². The van der Waals surface area contributed by atoms with E-state index in [2.05, 4.69) is 55.4 Å². The maximum atomic E-state index is 11.4. The van der Waals surface area contributed by atoms with Gasteiger partial charge in [-0.05, 0) is 41.2 Å². The molecule has 0 aliphatic heterocycles. The van der Waals surface area contributed by atoms with Crippen LogP contribution < -0.4 is 0 Å². The van der Waals surface area contributed by atoms with Gasteiger partial charge in [0.25, 0.3) is 0 Å². The van der Waals surface area contributed by atoms with E-state index in [1.807, 2.05) is 12.1 Å². The van der Waals surface area contributed by atoms with Crippen molar-refractivity contribution in [3.05, 3.63) is 28.8 Å². The Kier molecular flexibility index (Phi) is 5.72. The molecule has 0 heterocycles. The smallest absolute Gasteiger partial charge is 0.150 e. The fourth-order valence-electron chi connectivity index (χ4n) is 3.94. The number of aldehydes is 1. The average Bonchev–Trinajstić information content (AvgIpc) is 2.35. The van der Waals surface area contributed by atoms with E-state index < -0.39 is 0 Å². The van der Waals surface area contributed by atoms with Gasteiger partial charge in [-0.25, -0.2) is 0 Å². The normalized spacial score (nSPS) is 13.2. The fraction of sp³-hybridized carbons (Fsp3) is 0.667. The molecule has 1 aromatic rings. The number of hydrogen-bond donors (Lipinski definition) is 1. The summed E-state index contributed by atoms with van der Waals surface area (Å²) in [7, 11) is 0. The Labute approximate surface area is 142 Å². The molecule has 0 saturated carbocycles. The van der Waals surface area contributed by atoms with Gasteiger partial charge in [-0.1, -0.05) is 61.8 Å². The summed E-state index contributed by atoms with van der Waals surface area (Å²) < 4.78 is 0. The van der Waals surface area contributed by atoms with Gasteiger partial charge in [-0.15, -0.1) is 0 Å². The van der Waals surface area contributed by atoms with Crippen LogP contribution in [0.5, 0.6) is 5.75 Å². The molecule has 1 aromatic carbocycles. The lowest BCUT2D eigenvalue weighted by molar-refractivity contribution is 0.112. The van der Waals surface area contributed by atoms with Gasteiger partial charge in [0, 0.05) is 16.7 Å². The highest BCUT2D eigenvalue weighted by Crippen LogP contribution is 2.45. The van der Waals surface area contributed by atoms with E-state index in [4.69, 9.17) is 0 Å². The lowest BCUT2D eigenvalue weighted by atomic mass is 9.69. The van der Waals surface area contributed by atoms with Crippen molar-refractivity contribution in [3.63, 3.8) is 0 Å². The van der Waals surface area contributed by atoms with Crippen LogP contribution in [0.15, 0.2) is 12.1 Å². The summed E-state index contributed by atoms with van der Waals surface area (Å²) in [5.41, 5.74) is 2.23. The zero-order valence-electron chi connectivity index (χ0n) is 16.2. The first kappa shape index (κ1) is 19.7. The second kappa shape index (κ2) is 6.67. The molecule has 0 spiro atoms. The van der Waals surface area contributed by atoms with E-state index in [-0.39, 0.29) is 16.2 Å². The topological polar surface area (TPSA) is 37.3 Å². The van der Waals surface area contributed by atoms with E-state index in [1.165, 1.54) is 0 Å². The van der Waals surface area contributed by atoms with Gasteiger partial charge in [0.2, 0.25) is 0 Å². The maximum absolute atomic E-state index is 11.4. The third-order valence-electron chi connectivity index (χ3n) is 4.57. The highest BCUT2D eigenvalue weighted by molar-refractivity contribution is 5.77. The predicted molar refractivity (Wildman–Crippen MR) is 98.5 cm³/mol. The van der Waals surface area contributed by atoms with Crippen molar-refractivity contribution in [1.29, 1.82) is 0 Å². The third kappa shape index (κ3) is 4.83. The summed E-state index contributed by atoms with van der Waals surface area (Å²) in [4.78, 5) is 11.4. The minimum absolute atomic E-state index is 0.145. The monoisotopic (exact) mass is 318 g/mol. The first-order chi connectivity index (χ1) is 10.3. The molecule has 1 N–H and O–H groups in total. The lowest BCUT2D eigenvalue weighted by Gasteiger charge is -2.35. The van der Waals surface area contributed by atoms with Gasteiger partial charge in [-0.2, -0.15) is 0 Å². The number of hydrogen-bond acceptors (Lipinski definition) is 2. The molecule has 2 heteroatoms. The Morgan fingerprint density at radius 3 is 1.83 bits per heavy atom. The summed E-state index contributed by atoms with van der Waals surface area (Å²) >= 11 is 0. The third-order valence-corrected chi connectivity index (χ3v) is 4.57. The number of carbonyl (C=O) groups excluding carboxylic acids is 1. The SMILES string of the molecule is CCCC(C)(C)c1cc(C=O)cc(C(C)(C)CC(C)(C)C)c1O. The van der Waals surface area contributed by atoms with Gasteiger partial charge in [0.05, 0.1) is 0 Å². The molecular formula is C21H34O2. The van der Waals surface area contributed by atoms with Crippen LogP contribution >= 0.6 is 0 Å². The highest BCUT2D eigenvalue weighted by atomic mass is 16.3. The Hall–Kier alpha value is -1.31. The molecule has 0 fully saturated rings. The standard InChI is InChI=1S/C21H34O2/c1-9-10-20(5,6)16-11-15(13-22)12-17(18(16)23)21(7,8)14-19(2,3)4/h11-13,23H,9-10,14H2,1-8H3. The van der Waals surface area contributed by atoms with Crippen LogP contribution in [0.3, 0.4) is 0 Å². The highest BCUT2D eigenvalue weighted by Gasteiger charge is 2.33. The first-order valence-corrected chi connectivity index (χ1v) is 8.67. The molecule has 0 radical (unpaired) electrons. The number of carbonyl (C=O) groups is 1. The molecule has 1 rings (SSSR count). The number of benzene rings is 1. The molecule has 130 valence electrons. The van der Waals surface area contributed by atoms with E-state index in [0.29, 0.717) is 11.3 Å². The zero-order chi connectivity index (χ0) is 18.1. The van der Waals surface area contributed by atoms with Crippen molar-refractivity contribution in [2.45, 2.75) is 85.5 Å². The zero-order valence-corrected chi connectivity index (χ0v) is 16.2. The molecule has 0 aromatic heterocycles. The molecule has 0 bridgehead atoms. The molecule has 0 amide bonds. The van der Waals surface area contributed by atoms with E-state index in [9.17, 15) is 9.90 Å². The lowest BCUT2D eigenvalue weighted by Crippen LogP contribution is -2.26. The largest absolute Gasteiger partial charge is 0.507 e. The Bertz CT molecular complexity index is 560.